The van der Waals surface area contributed by atoms with Crippen LogP contribution >= 0.6 is 11.3 Å². The number of nitrogens with zero attached hydrogens (tertiary/aromatic N) is 2. The molecule has 0 saturated heterocycles. The number of thiazole rings is 1. The van der Waals surface area contributed by atoms with Crippen molar-refractivity contribution >= 4 is 17.3 Å². The number of hydrogen-bond donors (Lipinski definition) is 0. The van der Waals surface area contributed by atoms with Crippen LogP contribution in [0.15, 0.2) is 40.6 Å². The summed E-state index contributed by atoms with van der Waals surface area (Å²) in [7, 11) is 0. The maximum Gasteiger partial charge on any atom is 0.361 e. The molecule has 0 saturated carbocycles. The van der Waals surface area contributed by atoms with E-state index in [1.165, 1.54) is 17.7 Å². The maximum atomic E-state index is 12.2. The van der Waals surface area contributed by atoms with Gasteiger partial charge in [-0.15, -0.1) is 11.3 Å². The van der Waals surface area contributed by atoms with E-state index >= 15 is 0 Å². The third kappa shape index (κ3) is 2.92. The molecule has 6 heteroatoms. The lowest BCUT2D eigenvalue weighted by Crippen LogP contribution is -2.07. The fourth-order valence-corrected chi connectivity index (χ4v) is 2.65. The fourth-order valence-electron chi connectivity index (χ4n) is 1.97. The van der Waals surface area contributed by atoms with E-state index in [1.54, 1.807) is 5.51 Å². The van der Waals surface area contributed by atoms with Crippen LogP contribution < -0.4 is 0 Å². The zero-order chi connectivity index (χ0) is 15.5. The van der Waals surface area contributed by atoms with Crippen molar-refractivity contribution < 1.29 is 13.9 Å². The van der Waals surface area contributed by atoms with Crippen molar-refractivity contribution in [2.45, 2.75) is 20.5 Å². The van der Waals surface area contributed by atoms with Crippen LogP contribution in [0, 0.1) is 13.8 Å². The van der Waals surface area contributed by atoms with E-state index in [4.69, 9.17) is 9.15 Å². The highest BCUT2D eigenvalue weighted by Crippen LogP contribution is 2.24. The van der Waals surface area contributed by atoms with Crippen molar-refractivity contribution in [2.75, 3.05) is 0 Å². The van der Waals surface area contributed by atoms with Gasteiger partial charge in [-0.3, -0.25) is 0 Å². The molecule has 5 nitrogen and oxygen atoms in total. The molecule has 0 aliphatic heterocycles. The Balaban J connectivity index is 1.78. The molecule has 0 spiro atoms. The minimum absolute atomic E-state index is 0.186. The van der Waals surface area contributed by atoms with Crippen LogP contribution in [0.3, 0.4) is 0 Å². The summed E-state index contributed by atoms with van der Waals surface area (Å²) in [6.45, 7) is 4.07. The molecule has 0 N–H and O–H groups in total. The third-order valence-electron chi connectivity index (χ3n) is 3.25. The molecule has 0 fully saturated rings. The van der Waals surface area contributed by atoms with Crippen LogP contribution in [0.1, 0.15) is 26.6 Å². The topological polar surface area (TPSA) is 65.2 Å². The number of carbonyl (C=O) groups is 1. The molecule has 2 aromatic heterocycles. The van der Waals surface area contributed by atoms with Gasteiger partial charge in [-0.05, 0) is 13.8 Å². The predicted molar refractivity (Wildman–Crippen MR) is 82.6 cm³/mol. The minimum Gasteiger partial charge on any atom is -0.455 e. The molecule has 0 bridgehead atoms. The Morgan fingerprint density at radius 3 is 2.68 bits per heavy atom. The molecule has 0 atom stereocenters. The van der Waals surface area contributed by atoms with Crippen LogP contribution in [0.25, 0.3) is 11.3 Å². The lowest BCUT2D eigenvalue weighted by Gasteiger charge is -2.04. The summed E-state index contributed by atoms with van der Waals surface area (Å²) in [4.78, 5) is 21.2. The van der Waals surface area contributed by atoms with Gasteiger partial charge in [-0.2, -0.15) is 0 Å². The first kappa shape index (κ1) is 14.5. The van der Waals surface area contributed by atoms with Gasteiger partial charge in [-0.1, -0.05) is 29.8 Å². The second-order valence-corrected chi connectivity index (χ2v) is 5.77. The standard InChI is InChI=1S/C16H14N2O3S/c1-10-3-5-12(6-4-10)15-14(17-8-21-15)16(19)20-7-13-11(2)18-9-22-13/h3-6,8-9H,7H2,1-2H3. The SMILES string of the molecule is Cc1ccc(-c2ocnc2C(=O)OCc2scnc2C)cc1. The van der Waals surface area contributed by atoms with Gasteiger partial charge in [0, 0.05) is 5.56 Å². The number of esters is 1. The van der Waals surface area contributed by atoms with Crippen molar-refractivity contribution in [3.8, 4) is 11.3 Å². The van der Waals surface area contributed by atoms with E-state index in [-0.39, 0.29) is 12.3 Å². The van der Waals surface area contributed by atoms with Crippen molar-refractivity contribution in [3.05, 3.63) is 58.0 Å². The third-order valence-corrected chi connectivity index (χ3v) is 4.16. The second-order valence-electron chi connectivity index (χ2n) is 4.83. The summed E-state index contributed by atoms with van der Waals surface area (Å²) >= 11 is 1.46. The van der Waals surface area contributed by atoms with E-state index in [9.17, 15) is 4.79 Å². The molecule has 0 unspecified atom stereocenters. The van der Waals surface area contributed by atoms with Gasteiger partial charge < -0.3 is 9.15 Å². The van der Waals surface area contributed by atoms with Gasteiger partial charge in [-0.25, -0.2) is 14.8 Å². The largest absolute Gasteiger partial charge is 0.455 e. The zero-order valence-electron chi connectivity index (χ0n) is 12.2. The van der Waals surface area contributed by atoms with E-state index in [1.807, 2.05) is 38.1 Å². The number of aryl methyl sites for hydroxylation is 2. The molecule has 3 rings (SSSR count). The summed E-state index contributed by atoms with van der Waals surface area (Å²) in [5.41, 5.74) is 4.71. The monoisotopic (exact) mass is 314 g/mol. The van der Waals surface area contributed by atoms with Crippen LogP contribution in [0.2, 0.25) is 0 Å². The first-order valence-corrected chi connectivity index (χ1v) is 7.59. The molecule has 2 heterocycles. The Kier molecular flexibility index (Phi) is 4.02. The number of carbonyl (C=O) groups excluding carboxylic acids is 1. The van der Waals surface area contributed by atoms with Gasteiger partial charge in [0.1, 0.15) is 6.61 Å². The van der Waals surface area contributed by atoms with Gasteiger partial charge >= 0.3 is 5.97 Å². The Bertz CT molecular complexity index is 790. The minimum atomic E-state index is -0.503. The molecule has 112 valence electrons. The summed E-state index contributed by atoms with van der Waals surface area (Å²) in [6.07, 6.45) is 1.25. The average Bonchev–Trinajstić information content (AvgIpc) is 3.15. The Morgan fingerprint density at radius 2 is 2.00 bits per heavy atom. The van der Waals surface area contributed by atoms with Crippen molar-refractivity contribution in [3.63, 3.8) is 0 Å². The quantitative estimate of drug-likeness (QED) is 0.686. The first-order chi connectivity index (χ1) is 10.6. The van der Waals surface area contributed by atoms with E-state index in [2.05, 4.69) is 9.97 Å². The maximum absolute atomic E-state index is 12.2. The molecule has 22 heavy (non-hydrogen) atoms. The number of hydrogen-bond acceptors (Lipinski definition) is 6. The smallest absolute Gasteiger partial charge is 0.361 e. The van der Waals surface area contributed by atoms with Crippen LogP contribution in [0.4, 0.5) is 0 Å². The van der Waals surface area contributed by atoms with E-state index in [0.717, 1.165) is 21.7 Å². The normalized spacial score (nSPS) is 10.6. The van der Waals surface area contributed by atoms with Gasteiger partial charge in [0.05, 0.1) is 16.1 Å². The van der Waals surface area contributed by atoms with E-state index in [0.29, 0.717) is 5.76 Å². The average molecular weight is 314 g/mol. The fraction of sp³-hybridized carbons (Fsp3) is 0.188. The highest BCUT2D eigenvalue weighted by atomic mass is 32.1. The van der Waals surface area contributed by atoms with Gasteiger partial charge in [0.2, 0.25) is 0 Å². The second kappa shape index (κ2) is 6.11. The van der Waals surface area contributed by atoms with Crippen molar-refractivity contribution in [1.82, 2.24) is 9.97 Å². The van der Waals surface area contributed by atoms with Crippen LogP contribution in [-0.2, 0) is 11.3 Å². The zero-order valence-corrected chi connectivity index (χ0v) is 13.0. The molecular formula is C16H14N2O3S. The molecular weight excluding hydrogens is 300 g/mol. The lowest BCUT2D eigenvalue weighted by atomic mass is 10.1. The number of rotatable bonds is 4. The van der Waals surface area contributed by atoms with Crippen molar-refractivity contribution in [1.29, 1.82) is 0 Å². The van der Waals surface area contributed by atoms with Gasteiger partial charge in [0.15, 0.2) is 17.8 Å². The lowest BCUT2D eigenvalue weighted by molar-refractivity contribution is 0.0470. The van der Waals surface area contributed by atoms with Crippen LogP contribution in [-0.4, -0.2) is 15.9 Å². The Labute approximate surface area is 131 Å². The molecule has 0 aliphatic carbocycles. The highest BCUT2D eigenvalue weighted by Gasteiger charge is 2.20. The predicted octanol–water partition coefficient (Wildman–Crippen LogP) is 3.77. The number of benzene rings is 1. The summed E-state index contributed by atoms with van der Waals surface area (Å²) < 4.78 is 10.7. The Hall–Kier alpha value is -2.47. The molecule has 3 aromatic rings. The number of aromatic nitrogens is 2. The summed E-state index contributed by atoms with van der Waals surface area (Å²) in [5.74, 6) is -0.0804. The molecule has 0 amide bonds. The summed E-state index contributed by atoms with van der Waals surface area (Å²) in [5, 5.41) is 0. The molecule has 0 aliphatic rings. The van der Waals surface area contributed by atoms with Crippen molar-refractivity contribution in [2.24, 2.45) is 0 Å². The number of oxazole rings is 1. The summed E-state index contributed by atoms with van der Waals surface area (Å²) in [6, 6.07) is 7.68. The van der Waals surface area contributed by atoms with E-state index < -0.39 is 5.97 Å². The highest BCUT2D eigenvalue weighted by molar-refractivity contribution is 7.09. The van der Waals surface area contributed by atoms with Gasteiger partial charge in [0.25, 0.3) is 0 Å². The Morgan fingerprint density at radius 1 is 1.23 bits per heavy atom. The molecule has 1 aromatic carbocycles. The first-order valence-electron chi connectivity index (χ1n) is 6.72. The molecule has 0 radical (unpaired) electrons. The van der Waals surface area contributed by atoms with Crippen LogP contribution in [0.5, 0.6) is 0 Å². The number of ether oxygens (including phenoxy) is 1.